The lowest BCUT2D eigenvalue weighted by Gasteiger charge is -2.17. The maximum absolute atomic E-state index is 14.1. The number of hydrogen-bond acceptors (Lipinski definition) is 2. The second-order valence-electron chi connectivity index (χ2n) is 5.58. The third-order valence-electron chi connectivity index (χ3n) is 3.87. The van der Waals surface area contributed by atoms with Crippen LogP contribution in [0.15, 0.2) is 30.3 Å². The highest BCUT2D eigenvalue weighted by atomic mass is 19.1. The van der Waals surface area contributed by atoms with Crippen LogP contribution in [0.25, 0.3) is 0 Å². The SMILES string of the molecule is COc1ccc(C(N)Cc2c(C)cc(C)cc2C)c(F)c1. The van der Waals surface area contributed by atoms with Gasteiger partial charge in [0.05, 0.1) is 7.11 Å². The van der Waals surface area contributed by atoms with Crippen LogP contribution in [0.1, 0.15) is 33.9 Å². The van der Waals surface area contributed by atoms with E-state index in [4.69, 9.17) is 10.5 Å². The molecule has 2 aromatic rings. The van der Waals surface area contributed by atoms with E-state index in [1.165, 1.54) is 35.4 Å². The molecule has 112 valence electrons. The Morgan fingerprint density at radius 3 is 2.24 bits per heavy atom. The maximum Gasteiger partial charge on any atom is 0.131 e. The summed E-state index contributed by atoms with van der Waals surface area (Å²) in [5.41, 5.74) is 11.6. The molecule has 0 radical (unpaired) electrons. The van der Waals surface area contributed by atoms with Crippen LogP contribution in [-0.4, -0.2) is 7.11 Å². The molecule has 2 rings (SSSR count). The Morgan fingerprint density at radius 2 is 1.71 bits per heavy atom. The predicted molar refractivity (Wildman–Crippen MR) is 84.2 cm³/mol. The minimum absolute atomic E-state index is 0.315. The van der Waals surface area contributed by atoms with Gasteiger partial charge in [-0.15, -0.1) is 0 Å². The third-order valence-corrected chi connectivity index (χ3v) is 3.87. The van der Waals surface area contributed by atoms with Crippen molar-refractivity contribution in [2.45, 2.75) is 33.2 Å². The molecule has 3 heteroatoms. The fourth-order valence-corrected chi connectivity index (χ4v) is 2.80. The lowest BCUT2D eigenvalue weighted by molar-refractivity contribution is 0.410. The molecule has 0 saturated heterocycles. The molecule has 0 aromatic heterocycles. The van der Waals surface area contributed by atoms with Crippen LogP contribution in [0, 0.1) is 26.6 Å². The maximum atomic E-state index is 14.1. The summed E-state index contributed by atoms with van der Waals surface area (Å²) in [5.74, 6) is 0.190. The van der Waals surface area contributed by atoms with Crippen LogP contribution >= 0.6 is 0 Å². The summed E-state index contributed by atoms with van der Waals surface area (Å²) in [5, 5.41) is 0. The molecular weight excluding hydrogens is 265 g/mol. The standard InChI is InChI=1S/C18H22FNO/c1-11-7-12(2)16(13(3)8-11)10-18(20)15-6-5-14(21-4)9-17(15)19/h5-9,18H,10,20H2,1-4H3. The first-order valence-corrected chi connectivity index (χ1v) is 7.08. The van der Waals surface area contributed by atoms with E-state index in [0.29, 0.717) is 17.7 Å². The summed E-state index contributed by atoms with van der Waals surface area (Å²) in [4.78, 5) is 0. The molecule has 0 amide bonds. The van der Waals surface area contributed by atoms with Crippen molar-refractivity contribution < 1.29 is 9.13 Å². The second kappa shape index (κ2) is 6.27. The number of methoxy groups -OCH3 is 1. The monoisotopic (exact) mass is 287 g/mol. The van der Waals surface area contributed by atoms with E-state index in [0.717, 1.165) is 0 Å². The molecule has 2 nitrogen and oxygen atoms in total. The first-order valence-electron chi connectivity index (χ1n) is 7.08. The molecule has 0 spiro atoms. The Kier molecular flexibility index (Phi) is 4.63. The molecule has 0 fully saturated rings. The smallest absolute Gasteiger partial charge is 0.131 e. The number of halogens is 1. The first-order chi connectivity index (χ1) is 9.92. The van der Waals surface area contributed by atoms with Crippen molar-refractivity contribution in [2.24, 2.45) is 5.73 Å². The molecule has 0 bridgehead atoms. The highest BCUT2D eigenvalue weighted by Crippen LogP contribution is 2.26. The summed E-state index contributed by atoms with van der Waals surface area (Å²) >= 11 is 0. The van der Waals surface area contributed by atoms with E-state index in [1.807, 2.05) is 0 Å². The van der Waals surface area contributed by atoms with Crippen molar-refractivity contribution in [2.75, 3.05) is 7.11 Å². The highest BCUT2D eigenvalue weighted by molar-refractivity contribution is 5.39. The first kappa shape index (κ1) is 15.5. The number of nitrogens with two attached hydrogens (primary N) is 1. The van der Waals surface area contributed by atoms with E-state index in [2.05, 4.69) is 32.9 Å². The Morgan fingerprint density at radius 1 is 1.10 bits per heavy atom. The Labute approximate surface area is 125 Å². The van der Waals surface area contributed by atoms with Gasteiger partial charge in [-0.1, -0.05) is 23.8 Å². The average Bonchev–Trinajstić information content (AvgIpc) is 2.42. The number of rotatable bonds is 4. The Bertz CT molecular complexity index is 629. The normalized spacial score (nSPS) is 12.3. The van der Waals surface area contributed by atoms with Crippen LogP contribution in [0.3, 0.4) is 0 Å². The zero-order chi connectivity index (χ0) is 15.6. The van der Waals surface area contributed by atoms with Crippen molar-refractivity contribution in [3.8, 4) is 5.75 Å². The fourth-order valence-electron chi connectivity index (χ4n) is 2.80. The van der Waals surface area contributed by atoms with E-state index >= 15 is 0 Å². The molecule has 0 aliphatic carbocycles. The van der Waals surface area contributed by atoms with Gasteiger partial charge in [0.25, 0.3) is 0 Å². The second-order valence-corrected chi connectivity index (χ2v) is 5.58. The zero-order valence-corrected chi connectivity index (χ0v) is 13.0. The topological polar surface area (TPSA) is 35.2 Å². The van der Waals surface area contributed by atoms with Gasteiger partial charge in [-0.25, -0.2) is 4.39 Å². The van der Waals surface area contributed by atoms with Crippen LogP contribution in [0.2, 0.25) is 0 Å². The molecular formula is C18H22FNO. The van der Waals surface area contributed by atoms with Crippen LogP contribution in [0.4, 0.5) is 4.39 Å². The molecule has 2 aromatic carbocycles. The molecule has 1 unspecified atom stereocenters. The summed E-state index contributed by atoms with van der Waals surface area (Å²) in [6.45, 7) is 6.23. The van der Waals surface area contributed by atoms with Gasteiger partial charge < -0.3 is 10.5 Å². The fraction of sp³-hybridized carbons (Fsp3) is 0.333. The summed E-state index contributed by atoms with van der Waals surface area (Å²) in [6, 6.07) is 8.74. The number of hydrogen-bond donors (Lipinski definition) is 1. The molecule has 0 aliphatic heterocycles. The van der Waals surface area contributed by atoms with Crippen molar-refractivity contribution in [3.63, 3.8) is 0 Å². The Hall–Kier alpha value is -1.87. The van der Waals surface area contributed by atoms with Crippen LogP contribution in [-0.2, 0) is 6.42 Å². The van der Waals surface area contributed by atoms with Gasteiger partial charge in [0.1, 0.15) is 11.6 Å². The van der Waals surface area contributed by atoms with E-state index in [1.54, 1.807) is 12.1 Å². The third kappa shape index (κ3) is 3.42. The van der Waals surface area contributed by atoms with Gasteiger partial charge in [0.15, 0.2) is 0 Å². The van der Waals surface area contributed by atoms with Gasteiger partial charge in [-0.05, 0) is 49.9 Å². The highest BCUT2D eigenvalue weighted by Gasteiger charge is 2.15. The quantitative estimate of drug-likeness (QED) is 0.922. The minimum atomic E-state index is -0.365. The molecule has 0 heterocycles. The van der Waals surface area contributed by atoms with E-state index in [-0.39, 0.29) is 11.9 Å². The van der Waals surface area contributed by atoms with Gasteiger partial charge >= 0.3 is 0 Å². The largest absolute Gasteiger partial charge is 0.497 e. The van der Waals surface area contributed by atoms with E-state index in [9.17, 15) is 4.39 Å². The van der Waals surface area contributed by atoms with Gasteiger partial charge in [0, 0.05) is 17.7 Å². The Balaban J connectivity index is 2.28. The van der Waals surface area contributed by atoms with Crippen LogP contribution < -0.4 is 10.5 Å². The zero-order valence-electron chi connectivity index (χ0n) is 13.0. The van der Waals surface area contributed by atoms with Crippen molar-refractivity contribution in [1.29, 1.82) is 0 Å². The number of benzene rings is 2. The van der Waals surface area contributed by atoms with E-state index < -0.39 is 0 Å². The lowest BCUT2D eigenvalue weighted by Crippen LogP contribution is -2.16. The van der Waals surface area contributed by atoms with Crippen molar-refractivity contribution in [3.05, 3.63) is 64.0 Å². The van der Waals surface area contributed by atoms with Gasteiger partial charge in [-0.3, -0.25) is 0 Å². The van der Waals surface area contributed by atoms with Gasteiger partial charge in [-0.2, -0.15) is 0 Å². The summed E-state index contributed by atoms with van der Waals surface area (Å²) in [6.07, 6.45) is 0.626. The van der Waals surface area contributed by atoms with Crippen molar-refractivity contribution >= 4 is 0 Å². The van der Waals surface area contributed by atoms with Gasteiger partial charge in [0.2, 0.25) is 0 Å². The van der Waals surface area contributed by atoms with Crippen molar-refractivity contribution in [1.82, 2.24) is 0 Å². The minimum Gasteiger partial charge on any atom is -0.497 e. The summed E-state index contributed by atoms with van der Waals surface area (Å²) in [7, 11) is 1.52. The molecule has 1 atom stereocenters. The predicted octanol–water partition coefficient (Wildman–Crippen LogP) is 4.00. The molecule has 2 N–H and O–H groups in total. The molecule has 0 aliphatic rings. The van der Waals surface area contributed by atoms with Crippen LogP contribution in [0.5, 0.6) is 5.75 Å². The number of ether oxygens (including phenoxy) is 1. The average molecular weight is 287 g/mol. The molecule has 0 saturated carbocycles. The summed E-state index contributed by atoms with van der Waals surface area (Å²) < 4.78 is 19.1. The lowest BCUT2D eigenvalue weighted by atomic mass is 9.92. The number of aryl methyl sites for hydroxylation is 3. The molecule has 21 heavy (non-hydrogen) atoms.